The molecule has 3 aromatic rings. The number of carbonyl (C=O) groups excluding carboxylic acids is 1. The van der Waals surface area contributed by atoms with Crippen LogP contribution in [0.2, 0.25) is 0 Å². The molecule has 1 amide bonds. The lowest BCUT2D eigenvalue weighted by molar-refractivity contribution is -0.116. The van der Waals surface area contributed by atoms with Gasteiger partial charge in [-0.1, -0.05) is 12.1 Å². The summed E-state index contributed by atoms with van der Waals surface area (Å²) in [5, 5.41) is 2.96. The van der Waals surface area contributed by atoms with Crippen molar-refractivity contribution in [3.8, 4) is 22.9 Å². The van der Waals surface area contributed by atoms with E-state index in [1.54, 1.807) is 14.2 Å². The Morgan fingerprint density at radius 1 is 1.07 bits per heavy atom. The van der Waals surface area contributed by atoms with Crippen molar-refractivity contribution in [1.29, 1.82) is 0 Å². The number of carbonyl (C=O) groups is 1. The molecule has 0 aliphatic heterocycles. The van der Waals surface area contributed by atoms with Gasteiger partial charge in [-0.25, -0.2) is 4.98 Å². The zero-order valence-electron chi connectivity index (χ0n) is 16.6. The minimum atomic E-state index is -0.0502. The number of ether oxygens (including phenoxy) is 2. The second kappa shape index (κ2) is 8.61. The lowest BCUT2D eigenvalue weighted by Gasteiger charge is -2.09. The van der Waals surface area contributed by atoms with E-state index in [1.807, 2.05) is 56.3 Å². The van der Waals surface area contributed by atoms with Crippen molar-refractivity contribution >= 4 is 11.6 Å². The van der Waals surface area contributed by atoms with Gasteiger partial charge in [0.25, 0.3) is 0 Å². The number of methoxy groups -OCH3 is 2. The summed E-state index contributed by atoms with van der Waals surface area (Å²) >= 11 is 0. The van der Waals surface area contributed by atoms with Gasteiger partial charge in [-0.05, 0) is 50.1 Å². The second-order valence-electron chi connectivity index (χ2n) is 6.65. The molecular formula is C22H25N3O3. The lowest BCUT2D eigenvalue weighted by Crippen LogP contribution is -2.12. The lowest BCUT2D eigenvalue weighted by atomic mass is 10.1. The number of imidazole rings is 1. The molecule has 1 aromatic heterocycles. The van der Waals surface area contributed by atoms with Crippen LogP contribution in [0.4, 0.5) is 5.69 Å². The molecule has 0 spiro atoms. The minimum absolute atomic E-state index is 0.0502. The summed E-state index contributed by atoms with van der Waals surface area (Å²) < 4.78 is 10.6. The summed E-state index contributed by atoms with van der Waals surface area (Å²) in [4.78, 5) is 20.2. The van der Waals surface area contributed by atoms with Crippen molar-refractivity contribution in [3.63, 3.8) is 0 Å². The smallest absolute Gasteiger partial charge is 0.224 e. The summed E-state index contributed by atoms with van der Waals surface area (Å²) in [6.45, 7) is 3.96. The third kappa shape index (κ3) is 4.71. The van der Waals surface area contributed by atoms with Gasteiger partial charge < -0.3 is 19.8 Å². The van der Waals surface area contributed by atoms with Gasteiger partial charge in [-0.15, -0.1) is 0 Å². The summed E-state index contributed by atoms with van der Waals surface area (Å²) in [5.74, 6) is 2.18. The van der Waals surface area contributed by atoms with E-state index in [0.717, 1.165) is 34.0 Å². The maximum absolute atomic E-state index is 12.4. The van der Waals surface area contributed by atoms with Gasteiger partial charge in [0.2, 0.25) is 5.91 Å². The average molecular weight is 379 g/mol. The first-order chi connectivity index (χ1) is 13.5. The van der Waals surface area contributed by atoms with Crippen LogP contribution in [-0.2, 0) is 11.2 Å². The molecule has 6 heteroatoms. The predicted molar refractivity (Wildman–Crippen MR) is 110 cm³/mol. The van der Waals surface area contributed by atoms with E-state index in [4.69, 9.17) is 9.47 Å². The highest BCUT2D eigenvalue weighted by Crippen LogP contribution is 2.24. The van der Waals surface area contributed by atoms with Crippen LogP contribution < -0.4 is 14.8 Å². The molecule has 0 bridgehead atoms. The molecule has 0 radical (unpaired) electrons. The number of hydrogen-bond donors (Lipinski definition) is 2. The summed E-state index contributed by atoms with van der Waals surface area (Å²) in [5.41, 5.74) is 4.68. The molecule has 0 fully saturated rings. The molecule has 0 aliphatic carbocycles. The van der Waals surface area contributed by atoms with E-state index in [9.17, 15) is 4.79 Å². The van der Waals surface area contributed by atoms with E-state index in [-0.39, 0.29) is 5.91 Å². The first kappa shape index (κ1) is 19.5. The normalized spacial score (nSPS) is 10.6. The Morgan fingerprint density at radius 2 is 1.79 bits per heavy atom. The molecular weight excluding hydrogens is 354 g/mol. The molecule has 3 rings (SSSR count). The summed E-state index contributed by atoms with van der Waals surface area (Å²) in [6.07, 6.45) is 0.954. The number of nitrogens with zero attached hydrogens (tertiary/aromatic N) is 1. The van der Waals surface area contributed by atoms with E-state index >= 15 is 0 Å². The molecule has 0 atom stereocenters. The largest absolute Gasteiger partial charge is 0.497 e. The van der Waals surface area contributed by atoms with Crippen LogP contribution >= 0.6 is 0 Å². The molecule has 28 heavy (non-hydrogen) atoms. The highest BCUT2D eigenvalue weighted by atomic mass is 16.5. The van der Waals surface area contributed by atoms with E-state index in [0.29, 0.717) is 24.3 Å². The van der Waals surface area contributed by atoms with Crippen LogP contribution in [0.25, 0.3) is 11.4 Å². The maximum Gasteiger partial charge on any atom is 0.224 e. The first-order valence-electron chi connectivity index (χ1n) is 9.14. The highest BCUT2D eigenvalue weighted by molar-refractivity contribution is 5.91. The SMILES string of the molecule is COc1cc(CCC(=O)Nc2cccc(-c3nc(C)c(C)[nH]3)c2)cc(OC)c1. The zero-order valence-corrected chi connectivity index (χ0v) is 16.6. The topological polar surface area (TPSA) is 76.2 Å². The number of rotatable bonds is 7. The van der Waals surface area contributed by atoms with Crippen LogP contribution in [0, 0.1) is 13.8 Å². The van der Waals surface area contributed by atoms with Crippen molar-refractivity contribution in [2.45, 2.75) is 26.7 Å². The average Bonchev–Trinajstić information content (AvgIpc) is 3.05. The molecule has 6 nitrogen and oxygen atoms in total. The monoisotopic (exact) mass is 379 g/mol. The van der Waals surface area contributed by atoms with Crippen molar-refractivity contribution in [1.82, 2.24) is 9.97 Å². The molecule has 1 heterocycles. The third-order valence-electron chi connectivity index (χ3n) is 4.60. The molecule has 0 unspecified atom stereocenters. The van der Waals surface area contributed by atoms with Crippen molar-refractivity contribution in [2.75, 3.05) is 19.5 Å². The zero-order chi connectivity index (χ0) is 20.1. The number of H-pyrrole nitrogens is 1. The fraction of sp³-hybridized carbons (Fsp3) is 0.273. The van der Waals surface area contributed by atoms with Crippen LogP contribution in [0.5, 0.6) is 11.5 Å². The molecule has 2 aromatic carbocycles. The Bertz CT molecular complexity index is 937. The number of amides is 1. The fourth-order valence-corrected chi connectivity index (χ4v) is 2.92. The molecule has 146 valence electrons. The Labute approximate surface area is 164 Å². The van der Waals surface area contributed by atoms with Crippen molar-refractivity contribution in [2.24, 2.45) is 0 Å². The van der Waals surface area contributed by atoms with E-state index < -0.39 is 0 Å². The van der Waals surface area contributed by atoms with Crippen molar-refractivity contribution < 1.29 is 14.3 Å². The van der Waals surface area contributed by atoms with Crippen molar-refractivity contribution in [3.05, 3.63) is 59.4 Å². The van der Waals surface area contributed by atoms with Gasteiger partial charge in [0.15, 0.2) is 0 Å². The van der Waals surface area contributed by atoms with Gasteiger partial charge in [0.1, 0.15) is 17.3 Å². The Balaban J connectivity index is 1.65. The number of nitrogens with one attached hydrogen (secondary N) is 2. The number of anilines is 1. The number of aryl methyl sites for hydroxylation is 3. The van der Waals surface area contributed by atoms with Crippen LogP contribution in [-0.4, -0.2) is 30.1 Å². The molecule has 2 N–H and O–H groups in total. The van der Waals surface area contributed by atoms with Gasteiger partial charge in [-0.3, -0.25) is 4.79 Å². The number of aromatic amines is 1. The predicted octanol–water partition coefficient (Wildman–Crippen LogP) is 4.28. The quantitative estimate of drug-likeness (QED) is 0.642. The standard InChI is InChI=1S/C22H25N3O3/c1-14-15(2)24-22(23-14)17-6-5-7-18(12-17)25-21(26)9-8-16-10-19(27-3)13-20(11-16)28-4/h5-7,10-13H,8-9H2,1-4H3,(H,23,24)(H,25,26). The number of benzene rings is 2. The van der Waals surface area contributed by atoms with Gasteiger partial charge in [-0.2, -0.15) is 0 Å². The molecule has 0 saturated heterocycles. The van der Waals surface area contributed by atoms with E-state index in [2.05, 4.69) is 15.3 Å². The minimum Gasteiger partial charge on any atom is -0.497 e. The van der Waals surface area contributed by atoms with Gasteiger partial charge in [0, 0.05) is 29.4 Å². The van der Waals surface area contributed by atoms with Crippen LogP contribution in [0.1, 0.15) is 23.4 Å². The van der Waals surface area contributed by atoms with Gasteiger partial charge >= 0.3 is 0 Å². The summed E-state index contributed by atoms with van der Waals surface area (Å²) in [7, 11) is 3.22. The maximum atomic E-state index is 12.4. The fourth-order valence-electron chi connectivity index (χ4n) is 2.92. The first-order valence-corrected chi connectivity index (χ1v) is 9.14. The van der Waals surface area contributed by atoms with Gasteiger partial charge in [0.05, 0.1) is 19.9 Å². The highest BCUT2D eigenvalue weighted by Gasteiger charge is 2.09. The Morgan fingerprint density at radius 3 is 2.39 bits per heavy atom. The molecule has 0 saturated carbocycles. The Hall–Kier alpha value is -3.28. The van der Waals surface area contributed by atoms with E-state index in [1.165, 1.54) is 0 Å². The van der Waals surface area contributed by atoms with Crippen LogP contribution in [0.15, 0.2) is 42.5 Å². The van der Waals surface area contributed by atoms with Crippen LogP contribution in [0.3, 0.4) is 0 Å². The number of hydrogen-bond acceptors (Lipinski definition) is 4. The molecule has 0 aliphatic rings. The second-order valence-corrected chi connectivity index (χ2v) is 6.65. The Kier molecular flexibility index (Phi) is 5.99. The third-order valence-corrected chi connectivity index (χ3v) is 4.60. The number of aromatic nitrogens is 2. The summed E-state index contributed by atoms with van der Waals surface area (Å²) in [6, 6.07) is 13.3.